The number of nitrogens with zero attached hydrogens (tertiary/aromatic N) is 2. The Labute approximate surface area is 113 Å². The highest BCUT2D eigenvalue weighted by Crippen LogP contribution is 2.17. The zero-order valence-electron chi connectivity index (χ0n) is 11.3. The Morgan fingerprint density at radius 3 is 2.68 bits per heavy atom. The molecule has 0 saturated heterocycles. The van der Waals surface area contributed by atoms with Crippen molar-refractivity contribution in [2.75, 3.05) is 5.32 Å². The van der Waals surface area contributed by atoms with Gasteiger partial charge in [0.1, 0.15) is 5.75 Å². The van der Waals surface area contributed by atoms with Crippen LogP contribution in [0, 0.1) is 0 Å². The van der Waals surface area contributed by atoms with Crippen molar-refractivity contribution in [2.45, 2.75) is 26.5 Å². The van der Waals surface area contributed by atoms with Crippen molar-refractivity contribution in [3.63, 3.8) is 0 Å². The van der Waals surface area contributed by atoms with E-state index < -0.39 is 0 Å². The van der Waals surface area contributed by atoms with Crippen LogP contribution < -0.4 is 10.1 Å². The predicted molar refractivity (Wildman–Crippen MR) is 78.1 cm³/mol. The van der Waals surface area contributed by atoms with E-state index in [1.807, 2.05) is 50.5 Å². The van der Waals surface area contributed by atoms with E-state index in [1.54, 1.807) is 10.9 Å². The average Bonchev–Trinajstić information content (AvgIpc) is 2.85. The third-order valence-electron chi connectivity index (χ3n) is 2.56. The molecule has 0 aliphatic heterocycles. The van der Waals surface area contributed by atoms with Crippen LogP contribution in [0.25, 0.3) is 6.20 Å². The third kappa shape index (κ3) is 3.88. The molecule has 100 valence electrons. The molecule has 0 fully saturated rings. The van der Waals surface area contributed by atoms with Crippen LogP contribution in [0.3, 0.4) is 0 Å². The first-order chi connectivity index (χ1) is 9.17. The maximum Gasteiger partial charge on any atom is 0.119 e. The van der Waals surface area contributed by atoms with E-state index in [4.69, 9.17) is 4.74 Å². The zero-order chi connectivity index (χ0) is 13.7. The summed E-state index contributed by atoms with van der Waals surface area (Å²) in [5.41, 5.74) is 2.17. The fourth-order valence-electron chi connectivity index (χ4n) is 1.70. The summed E-state index contributed by atoms with van der Waals surface area (Å²) in [4.78, 5) is 0. The minimum Gasteiger partial charge on any atom is -0.491 e. The predicted octanol–water partition coefficient (Wildman–Crippen LogP) is 3.38. The summed E-state index contributed by atoms with van der Waals surface area (Å²) in [6.07, 6.45) is 5.63. The van der Waals surface area contributed by atoms with Gasteiger partial charge in [-0.3, -0.25) is 0 Å². The second-order valence-electron chi connectivity index (χ2n) is 4.56. The van der Waals surface area contributed by atoms with Gasteiger partial charge < -0.3 is 10.1 Å². The Morgan fingerprint density at radius 1 is 1.37 bits per heavy atom. The summed E-state index contributed by atoms with van der Waals surface area (Å²) in [7, 11) is 0. The quantitative estimate of drug-likeness (QED) is 0.862. The molecule has 0 spiro atoms. The molecule has 4 nitrogen and oxygen atoms in total. The standard InChI is InChI=1S/C15H19N3O/c1-4-18-11-13(10-17-18)9-16-14-5-7-15(8-6-14)19-12(2)3/h4-8,10-12,16H,1,9H2,2-3H3. The summed E-state index contributed by atoms with van der Waals surface area (Å²) >= 11 is 0. The van der Waals surface area contributed by atoms with Gasteiger partial charge in [0.15, 0.2) is 0 Å². The summed E-state index contributed by atoms with van der Waals surface area (Å²) < 4.78 is 7.29. The van der Waals surface area contributed by atoms with Crippen molar-refractivity contribution in [1.82, 2.24) is 9.78 Å². The number of hydrogen-bond donors (Lipinski definition) is 1. The Kier molecular flexibility index (Phi) is 4.23. The molecule has 1 heterocycles. The molecular formula is C15H19N3O. The van der Waals surface area contributed by atoms with E-state index in [0.717, 1.165) is 23.5 Å². The number of benzene rings is 1. The van der Waals surface area contributed by atoms with Gasteiger partial charge in [-0.05, 0) is 38.1 Å². The van der Waals surface area contributed by atoms with E-state index in [9.17, 15) is 0 Å². The van der Waals surface area contributed by atoms with Crippen molar-refractivity contribution in [3.05, 3.63) is 48.8 Å². The number of nitrogens with one attached hydrogen (secondary N) is 1. The van der Waals surface area contributed by atoms with Crippen molar-refractivity contribution < 1.29 is 4.74 Å². The Hall–Kier alpha value is -2.23. The summed E-state index contributed by atoms with van der Waals surface area (Å²) in [5.74, 6) is 0.889. The molecule has 0 radical (unpaired) electrons. The number of ether oxygens (including phenoxy) is 1. The first-order valence-electron chi connectivity index (χ1n) is 6.33. The summed E-state index contributed by atoms with van der Waals surface area (Å²) in [6.45, 7) is 8.43. The van der Waals surface area contributed by atoms with Gasteiger partial charge in [-0.15, -0.1) is 0 Å². The van der Waals surface area contributed by atoms with Crippen LogP contribution in [0.4, 0.5) is 5.69 Å². The second kappa shape index (κ2) is 6.09. The lowest BCUT2D eigenvalue weighted by Gasteiger charge is -2.10. The maximum atomic E-state index is 5.60. The highest BCUT2D eigenvalue weighted by atomic mass is 16.5. The fourth-order valence-corrected chi connectivity index (χ4v) is 1.70. The van der Waals surface area contributed by atoms with Crippen LogP contribution in [0.2, 0.25) is 0 Å². The van der Waals surface area contributed by atoms with Crippen LogP contribution in [-0.4, -0.2) is 15.9 Å². The van der Waals surface area contributed by atoms with E-state index in [-0.39, 0.29) is 6.10 Å². The van der Waals surface area contributed by atoms with Gasteiger partial charge in [0.05, 0.1) is 12.3 Å². The SMILES string of the molecule is C=Cn1cc(CNc2ccc(OC(C)C)cc2)cn1. The molecule has 0 unspecified atom stereocenters. The van der Waals surface area contributed by atoms with Crippen LogP contribution in [0.15, 0.2) is 43.2 Å². The molecule has 1 aromatic carbocycles. The number of aromatic nitrogens is 2. The van der Waals surface area contributed by atoms with Crippen molar-refractivity contribution in [2.24, 2.45) is 0 Å². The third-order valence-corrected chi connectivity index (χ3v) is 2.56. The van der Waals surface area contributed by atoms with E-state index in [1.165, 1.54) is 0 Å². The Bertz CT molecular complexity index is 529. The molecule has 4 heteroatoms. The number of rotatable bonds is 6. The zero-order valence-corrected chi connectivity index (χ0v) is 11.3. The molecule has 0 aliphatic rings. The van der Waals surface area contributed by atoms with Crippen molar-refractivity contribution in [1.29, 1.82) is 0 Å². The lowest BCUT2D eigenvalue weighted by Crippen LogP contribution is -2.05. The molecule has 0 saturated carbocycles. The lowest BCUT2D eigenvalue weighted by atomic mass is 10.3. The topological polar surface area (TPSA) is 39.1 Å². The molecule has 1 N–H and O–H groups in total. The first kappa shape index (κ1) is 13.2. The molecular weight excluding hydrogens is 238 g/mol. The van der Waals surface area contributed by atoms with Crippen molar-refractivity contribution >= 4 is 11.9 Å². The van der Waals surface area contributed by atoms with Gasteiger partial charge in [-0.25, -0.2) is 4.68 Å². The van der Waals surface area contributed by atoms with Gasteiger partial charge in [0.25, 0.3) is 0 Å². The summed E-state index contributed by atoms with van der Waals surface area (Å²) in [6, 6.07) is 7.95. The van der Waals surface area contributed by atoms with Gasteiger partial charge in [-0.2, -0.15) is 5.10 Å². The number of anilines is 1. The van der Waals surface area contributed by atoms with Crippen LogP contribution in [-0.2, 0) is 6.54 Å². The van der Waals surface area contributed by atoms with E-state index in [0.29, 0.717) is 0 Å². The van der Waals surface area contributed by atoms with E-state index >= 15 is 0 Å². The van der Waals surface area contributed by atoms with Crippen molar-refractivity contribution in [3.8, 4) is 5.75 Å². The Balaban J connectivity index is 1.90. The lowest BCUT2D eigenvalue weighted by molar-refractivity contribution is 0.242. The van der Waals surface area contributed by atoms with Gasteiger partial charge in [-0.1, -0.05) is 6.58 Å². The minimum absolute atomic E-state index is 0.198. The van der Waals surface area contributed by atoms with Gasteiger partial charge in [0.2, 0.25) is 0 Å². The maximum absolute atomic E-state index is 5.60. The Morgan fingerprint density at radius 2 is 2.11 bits per heavy atom. The average molecular weight is 257 g/mol. The molecule has 2 aromatic rings. The molecule has 2 rings (SSSR count). The molecule has 0 atom stereocenters. The van der Waals surface area contributed by atoms with Crippen LogP contribution in [0.1, 0.15) is 19.4 Å². The first-order valence-corrected chi connectivity index (χ1v) is 6.33. The van der Waals surface area contributed by atoms with Crippen LogP contribution in [0.5, 0.6) is 5.75 Å². The minimum atomic E-state index is 0.198. The molecule has 0 bridgehead atoms. The molecule has 1 aromatic heterocycles. The van der Waals surface area contributed by atoms with Crippen LogP contribution >= 0.6 is 0 Å². The second-order valence-corrected chi connectivity index (χ2v) is 4.56. The van der Waals surface area contributed by atoms with Gasteiger partial charge >= 0.3 is 0 Å². The molecule has 0 aliphatic carbocycles. The van der Waals surface area contributed by atoms with Gasteiger partial charge in [0, 0.05) is 30.2 Å². The monoisotopic (exact) mass is 257 g/mol. The fraction of sp³-hybridized carbons (Fsp3) is 0.267. The highest BCUT2D eigenvalue weighted by Gasteiger charge is 1.99. The summed E-state index contributed by atoms with van der Waals surface area (Å²) in [5, 5.41) is 7.47. The smallest absolute Gasteiger partial charge is 0.119 e. The normalized spacial score (nSPS) is 10.5. The molecule has 0 amide bonds. The largest absolute Gasteiger partial charge is 0.491 e. The highest BCUT2D eigenvalue weighted by molar-refractivity contribution is 5.46. The number of hydrogen-bond acceptors (Lipinski definition) is 3. The molecule has 19 heavy (non-hydrogen) atoms. The van der Waals surface area contributed by atoms with E-state index in [2.05, 4.69) is 17.0 Å².